The van der Waals surface area contributed by atoms with Gasteiger partial charge in [-0.2, -0.15) is 4.98 Å². The summed E-state index contributed by atoms with van der Waals surface area (Å²) in [5, 5.41) is 0. The van der Waals surface area contributed by atoms with Gasteiger partial charge in [-0.3, -0.25) is 0 Å². The lowest BCUT2D eigenvalue weighted by Gasteiger charge is -2.09. The Morgan fingerprint density at radius 3 is 2.80 bits per heavy atom. The van der Waals surface area contributed by atoms with Crippen molar-refractivity contribution in [2.75, 3.05) is 39.0 Å². The smallest absolute Gasteiger partial charge is 0.218 e. The molecule has 1 heterocycles. The summed E-state index contributed by atoms with van der Waals surface area (Å²) in [6.07, 6.45) is 3.08. The summed E-state index contributed by atoms with van der Waals surface area (Å²) in [5.41, 5.74) is 2.55. The molecule has 7 heteroatoms. The minimum absolute atomic E-state index is 0.461. The molecule has 112 valence electrons. The molecule has 1 aromatic heterocycles. The van der Waals surface area contributed by atoms with Gasteiger partial charge in [0.2, 0.25) is 5.88 Å². The van der Waals surface area contributed by atoms with Gasteiger partial charge >= 0.3 is 0 Å². The predicted molar refractivity (Wildman–Crippen MR) is 74.6 cm³/mol. The van der Waals surface area contributed by atoms with Crippen molar-refractivity contribution in [2.24, 2.45) is 5.84 Å². The van der Waals surface area contributed by atoms with Crippen molar-refractivity contribution in [1.82, 2.24) is 9.97 Å². The summed E-state index contributed by atoms with van der Waals surface area (Å²) in [5.74, 6) is 7.83. The van der Waals surface area contributed by atoms with Crippen LogP contribution in [-0.4, -0.2) is 43.5 Å². The lowest BCUT2D eigenvalue weighted by molar-refractivity contribution is 0.0642. The molecule has 1 aliphatic rings. The van der Waals surface area contributed by atoms with Gasteiger partial charge in [0.1, 0.15) is 11.6 Å². The first-order valence-corrected chi connectivity index (χ1v) is 6.88. The van der Waals surface area contributed by atoms with E-state index in [1.165, 1.54) is 0 Å². The Balaban J connectivity index is 1.73. The van der Waals surface area contributed by atoms with Gasteiger partial charge in [-0.25, -0.2) is 10.8 Å². The number of hydrazine groups is 1. The molecule has 0 unspecified atom stereocenters. The summed E-state index contributed by atoms with van der Waals surface area (Å²) >= 11 is 0. The SMILES string of the molecule is COCCOCCCOc1cc(NN)nc(C2CC2)n1. The summed E-state index contributed by atoms with van der Waals surface area (Å²) in [6, 6.07) is 1.71. The first kappa shape index (κ1) is 15.0. The van der Waals surface area contributed by atoms with Crippen molar-refractivity contribution in [3.05, 3.63) is 11.9 Å². The van der Waals surface area contributed by atoms with Crippen LogP contribution in [0.25, 0.3) is 0 Å². The maximum atomic E-state index is 5.62. The van der Waals surface area contributed by atoms with Crippen molar-refractivity contribution >= 4 is 5.82 Å². The van der Waals surface area contributed by atoms with E-state index in [2.05, 4.69) is 15.4 Å². The number of ether oxygens (including phenoxy) is 3. The fourth-order valence-electron chi connectivity index (χ4n) is 1.70. The first-order valence-electron chi connectivity index (χ1n) is 6.88. The van der Waals surface area contributed by atoms with E-state index >= 15 is 0 Å². The third kappa shape index (κ3) is 4.92. The van der Waals surface area contributed by atoms with Gasteiger partial charge < -0.3 is 19.6 Å². The first-order chi connectivity index (χ1) is 9.83. The monoisotopic (exact) mass is 282 g/mol. The van der Waals surface area contributed by atoms with Crippen LogP contribution >= 0.6 is 0 Å². The largest absolute Gasteiger partial charge is 0.477 e. The van der Waals surface area contributed by atoms with E-state index in [-0.39, 0.29) is 0 Å². The zero-order valence-corrected chi connectivity index (χ0v) is 11.8. The zero-order chi connectivity index (χ0) is 14.2. The Bertz CT molecular complexity index is 413. The van der Waals surface area contributed by atoms with Crippen LogP contribution in [0.3, 0.4) is 0 Å². The lowest BCUT2D eigenvalue weighted by Crippen LogP contribution is -2.12. The topological polar surface area (TPSA) is 91.5 Å². The van der Waals surface area contributed by atoms with Crippen molar-refractivity contribution in [3.63, 3.8) is 0 Å². The summed E-state index contributed by atoms with van der Waals surface area (Å²) in [4.78, 5) is 8.73. The van der Waals surface area contributed by atoms with E-state index in [1.807, 2.05) is 0 Å². The van der Waals surface area contributed by atoms with Gasteiger partial charge in [0.05, 0.1) is 19.8 Å². The lowest BCUT2D eigenvalue weighted by atomic mass is 10.4. The number of hydrogen-bond donors (Lipinski definition) is 2. The van der Waals surface area contributed by atoms with E-state index < -0.39 is 0 Å². The molecule has 1 aliphatic carbocycles. The van der Waals surface area contributed by atoms with Gasteiger partial charge in [-0.15, -0.1) is 0 Å². The third-order valence-electron chi connectivity index (χ3n) is 2.93. The van der Waals surface area contributed by atoms with Gasteiger partial charge in [-0.05, 0) is 12.8 Å². The second kappa shape index (κ2) is 7.98. The van der Waals surface area contributed by atoms with Crippen LogP contribution in [0.2, 0.25) is 0 Å². The molecular weight excluding hydrogens is 260 g/mol. The molecule has 3 N–H and O–H groups in total. The van der Waals surface area contributed by atoms with E-state index in [1.54, 1.807) is 13.2 Å². The Hall–Kier alpha value is -1.44. The summed E-state index contributed by atoms with van der Waals surface area (Å²) in [7, 11) is 1.65. The van der Waals surface area contributed by atoms with E-state index in [0.29, 0.717) is 44.0 Å². The van der Waals surface area contributed by atoms with Gasteiger partial charge in [0.15, 0.2) is 0 Å². The Morgan fingerprint density at radius 1 is 1.25 bits per heavy atom. The van der Waals surface area contributed by atoms with Crippen molar-refractivity contribution in [3.8, 4) is 5.88 Å². The van der Waals surface area contributed by atoms with Crippen LogP contribution in [0.5, 0.6) is 5.88 Å². The molecular formula is C13H22N4O3. The standard InChI is InChI=1S/C13H22N4O3/c1-18-7-8-19-5-2-6-20-12-9-11(17-14)15-13(16-12)10-3-4-10/h9-10H,2-8,14H2,1H3,(H,15,16,17). The number of nitrogen functional groups attached to an aromatic ring is 1. The summed E-state index contributed by atoms with van der Waals surface area (Å²) in [6.45, 7) is 2.42. The van der Waals surface area contributed by atoms with Crippen LogP contribution in [-0.2, 0) is 9.47 Å². The van der Waals surface area contributed by atoms with Crippen LogP contribution in [0.15, 0.2) is 6.07 Å². The van der Waals surface area contributed by atoms with Gasteiger partial charge in [-0.1, -0.05) is 0 Å². The quantitative estimate of drug-likeness (QED) is 0.377. The molecule has 20 heavy (non-hydrogen) atoms. The van der Waals surface area contributed by atoms with Crippen LogP contribution in [0, 0.1) is 0 Å². The van der Waals surface area contributed by atoms with E-state index in [9.17, 15) is 0 Å². The highest BCUT2D eigenvalue weighted by Crippen LogP contribution is 2.38. The highest BCUT2D eigenvalue weighted by molar-refractivity contribution is 5.38. The number of nitrogens with zero attached hydrogens (tertiary/aromatic N) is 2. The molecule has 1 fully saturated rings. The van der Waals surface area contributed by atoms with Crippen LogP contribution < -0.4 is 16.0 Å². The Kier molecular flexibility index (Phi) is 5.97. The highest BCUT2D eigenvalue weighted by Gasteiger charge is 2.27. The summed E-state index contributed by atoms with van der Waals surface area (Å²) < 4.78 is 15.9. The number of aromatic nitrogens is 2. The second-order valence-corrected chi connectivity index (χ2v) is 4.68. The number of methoxy groups -OCH3 is 1. The number of nitrogens with two attached hydrogens (primary N) is 1. The van der Waals surface area contributed by atoms with Gasteiger partial charge in [0, 0.05) is 32.1 Å². The predicted octanol–water partition coefficient (Wildman–Crippen LogP) is 1.07. The maximum absolute atomic E-state index is 5.62. The minimum atomic E-state index is 0.461. The molecule has 1 aromatic rings. The molecule has 0 amide bonds. The average molecular weight is 282 g/mol. The number of rotatable bonds is 10. The molecule has 0 aliphatic heterocycles. The molecule has 0 atom stereocenters. The number of nitrogens with one attached hydrogen (secondary N) is 1. The number of hydrogen-bond acceptors (Lipinski definition) is 7. The molecule has 0 aromatic carbocycles. The van der Waals surface area contributed by atoms with Crippen LogP contribution in [0.1, 0.15) is 31.0 Å². The normalized spacial score (nSPS) is 14.3. The minimum Gasteiger partial charge on any atom is -0.477 e. The average Bonchev–Trinajstić information content (AvgIpc) is 3.30. The Morgan fingerprint density at radius 2 is 2.10 bits per heavy atom. The molecule has 2 rings (SSSR count). The molecule has 0 bridgehead atoms. The van der Waals surface area contributed by atoms with Crippen molar-refractivity contribution in [1.29, 1.82) is 0 Å². The second-order valence-electron chi connectivity index (χ2n) is 4.68. The van der Waals surface area contributed by atoms with Crippen LogP contribution in [0.4, 0.5) is 5.82 Å². The zero-order valence-electron chi connectivity index (χ0n) is 11.8. The van der Waals surface area contributed by atoms with E-state index in [4.69, 9.17) is 20.1 Å². The molecule has 1 saturated carbocycles. The molecule has 7 nitrogen and oxygen atoms in total. The molecule has 0 spiro atoms. The number of anilines is 1. The highest BCUT2D eigenvalue weighted by atomic mass is 16.5. The third-order valence-corrected chi connectivity index (χ3v) is 2.93. The van der Waals surface area contributed by atoms with Crippen molar-refractivity contribution in [2.45, 2.75) is 25.2 Å². The maximum Gasteiger partial charge on any atom is 0.218 e. The fourth-order valence-corrected chi connectivity index (χ4v) is 1.70. The molecule has 0 radical (unpaired) electrons. The molecule has 0 saturated heterocycles. The van der Waals surface area contributed by atoms with E-state index in [0.717, 1.165) is 25.1 Å². The van der Waals surface area contributed by atoms with Crippen molar-refractivity contribution < 1.29 is 14.2 Å². The fraction of sp³-hybridized carbons (Fsp3) is 0.692. The Labute approximate surface area is 118 Å². The van der Waals surface area contributed by atoms with Gasteiger partial charge in [0.25, 0.3) is 0 Å².